The van der Waals surface area contributed by atoms with Crippen molar-refractivity contribution in [2.75, 3.05) is 0 Å². The predicted octanol–water partition coefficient (Wildman–Crippen LogP) is 3.32. The molecular weight excluding hydrogens is 278 g/mol. The highest BCUT2D eigenvalue weighted by Gasteiger charge is 2.21. The van der Waals surface area contributed by atoms with Crippen LogP contribution < -0.4 is 0 Å². The maximum atomic E-state index is 12.9. The molecule has 0 spiro atoms. The lowest BCUT2D eigenvalue weighted by Crippen LogP contribution is -2.10. The van der Waals surface area contributed by atoms with Crippen LogP contribution in [-0.2, 0) is 6.42 Å². The van der Waals surface area contributed by atoms with Gasteiger partial charge >= 0.3 is 5.97 Å². The van der Waals surface area contributed by atoms with Gasteiger partial charge in [-0.1, -0.05) is 18.2 Å². The number of aromatic carboxylic acids is 1. The minimum Gasteiger partial charge on any atom is -0.478 e. The van der Waals surface area contributed by atoms with Gasteiger partial charge < -0.3 is 5.11 Å². The number of rotatable bonds is 4. The second-order valence-corrected chi connectivity index (χ2v) is 4.79. The van der Waals surface area contributed by atoms with Gasteiger partial charge in [0.05, 0.1) is 0 Å². The van der Waals surface area contributed by atoms with Crippen LogP contribution >= 0.6 is 0 Å². The van der Waals surface area contributed by atoms with Crippen LogP contribution in [0.2, 0.25) is 0 Å². The summed E-state index contributed by atoms with van der Waals surface area (Å²) in [5.41, 5.74) is 1.81. The minimum atomic E-state index is -2.95. The third-order valence-electron chi connectivity index (χ3n) is 3.24. The van der Waals surface area contributed by atoms with E-state index in [1.807, 2.05) is 32.0 Å². The third kappa shape index (κ3) is 3.39. The summed E-state index contributed by atoms with van der Waals surface area (Å²) in [5.74, 6) is -1.28. The van der Waals surface area contributed by atoms with Crippen molar-refractivity contribution in [1.82, 2.24) is 9.97 Å². The van der Waals surface area contributed by atoms with Gasteiger partial charge in [-0.3, -0.25) is 0 Å². The third-order valence-corrected chi connectivity index (χ3v) is 3.24. The topological polar surface area (TPSA) is 63.1 Å². The zero-order chi connectivity index (χ0) is 15.6. The lowest BCUT2D eigenvalue weighted by molar-refractivity contribution is 0.0681. The Morgan fingerprint density at radius 1 is 1.29 bits per heavy atom. The summed E-state index contributed by atoms with van der Waals surface area (Å²) in [6, 6.07) is 5.75. The van der Waals surface area contributed by atoms with Gasteiger partial charge in [0, 0.05) is 12.6 Å². The van der Waals surface area contributed by atoms with Gasteiger partial charge in [-0.15, -0.1) is 0 Å². The molecule has 0 radical (unpaired) electrons. The molecule has 1 aromatic carbocycles. The number of halogens is 2. The summed E-state index contributed by atoms with van der Waals surface area (Å²) < 4.78 is 25.7. The van der Waals surface area contributed by atoms with Crippen LogP contribution in [-0.4, -0.2) is 21.0 Å². The van der Waals surface area contributed by atoms with Crippen LogP contribution in [0.4, 0.5) is 8.78 Å². The van der Waals surface area contributed by atoms with Gasteiger partial charge in [0.2, 0.25) is 0 Å². The molecule has 4 nitrogen and oxygen atoms in total. The van der Waals surface area contributed by atoms with E-state index in [9.17, 15) is 13.6 Å². The molecule has 0 atom stereocenters. The second-order valence-electron chi connectivity index (χ2n) is 4.79. The van der Waals surface area contributed by atoms with E-state index in [1.165, 1.54) is 0 Å². The first-order valence-corrected chi connectivity index (χ1v) is 6.32. The number of hydrogen-bond acceptors (Lipinski definition) is 3. The Hall–Kier alpha value is -2.37. The summed E-state index contributed by atoms with van der Waals surface area (Å²) >= 11 is 0. The summed E-state index contributed by atoms with van der Waals surface area (Å²) in [4.78, 5) is 18.4. The van der Waals surface area contributed by atoms with E-state index in [0.717, 1.165) is 22.9 Å². The number of aromatic nitrogens is 2. The number of alkyl halides is 2. The first kappa shape index (κ1) is 15.0. The second kappa shape index (κ2) is 5.95. The lowest BCUT2D eigenvalue weighted by atomic mass is 10.0. The molecule has 2 aromatic rings. The van der Waals surface area contributed by atoms with E-state index in [0.29, 0.717) is 0 Å². The van der Waals surface area contributed by atoms with Crippen molar-refractivity contribution in [3.63, 3.8) is 0 Å². The van der Waals surface area contributed by atoms with E-state index in [1.54, 1.807) is 0 Å². The van der Waals surface area contributed by atoms with Gasteiger partial charge in [0.25, 0.3) is 6.43 Å². The summed E-state index contributed by atoms with van der Waals surface area (Å²) in [6.07, 6.45) is -1.73. The number of carbonyl (C=O) groups is 1. The molecule has 6 heteroatoms. The van der Waals surface area contributed by atoms with Crippen molar-refractivity contribution in [1.29, 1.82) is 0 Å². The molecule has 0 unspecified atom stereocenters. The quantitative estimate of drug-likeness (QED) is 0.939. The van der Waals surface area contributed by atoms with Gasteiger partial charge in [-0.2, -0.15) is 0 Å². The number of benzene rings is 1. The van der Waals surface area contributed by atoms with Crippen LogP contribution in [0.3, 0.4) is 0 Å². The fourth-order valence-corrected chi connectivity index (χ4v) is 1.95. The standard InChI is InChI=1S/C15H14F2N2O2/c1-8-3-4-10(5-9(8)2)6-12-18-7-11(15(20)21)13(19-12)14(16)17/h3-5,7,14H,6H2,1-2H3,(H,20,21). The molecule has 0 saturated carbocycles. The van der Waals surface area contributed by atoms with Gasteiger partial charge in [0.15, 0.2) is 0 Å². The molecule has 0 amide bonds. The Kier molecular flexibility index (Phi) is 4.26. The SMILES string of the molecule is Cc1ccc(Cc2ncc(C(=O)O)c(C(F)F)n2)cc1C. The maximum Gasteiger partial charge on any atom is 0.339 e. The average molecular weight is 292 g/mol. The molecule has 21 heavy (non-hydrogen) atoms. The van der Waals surface area contributed by atoms with Gasteiger partial charge in [-0.05, 0) is 30.5 Å². The van der Waals surface area contributed by atoms with E-state index in [4.69, 9.17) is 5.11 Å². The van der Waals surface area contributed by atoms with Crippen LogP contribution in [0, 0.1) is 13.8 Å². The molecule has 0 saturated heterocycles. The number of carboxylic acid groups (broad SMARTS) is 1. The van der Waals surface area contributed by atoms with Crippen molar-refractivity contribution in [3.8, 4) is 0 Å². The van der Waals surface area contributed by atoms with Crippen molar-refractivity contribution in [3.05, 3.63) is 58.2 Å². The molecule has 1 aromatic heterocycles. The molecule has 2 rings (SSSR count). The molecular formula is C15H14F2N2O2. The summed E-state index contributed by atoms with van der Waals surface area (Å²) in [5, 5.41) is 8.85. The van der Waals surface area contributed by atoms with E-state index in [2.05, 4.69) is 9.97 Å². The zero-order valence-corrected chi connectivity index (χ0v) is 11.6. The molecule has 110 valence electrons. The molecule has 1 N–H and O–H groups in total. The average Bonchev–Trinajstić information content (AvgIpc) is 2.42. The Morgan fingerprint density at radius 2 is 2.00 bits per heavy atom. The lowest BCUT2D eigenvalue weighted by Gasteiger charge is -2.08. The molecule has 0 aliphatic heterocycles. The molecule has 0 bridgehead atoms. The predicted molar refractivity (Wildman–Crippen MR) is 72.7 cm³/mol. The Bertz CT molecular complexity index is 687. The Balaban J connectivity index is 2.34. The monoisotopic (exact) mass is 292 g/mol. The fraction of sp³-hybridized carbons (Fsp3) is 0.267. The van der Waals surface area contributed by atoms with Crippen LogP contribution in [0.5, 0.6) is 0 Å². The minimum absolute atomic E-state index is 0.179. The smallest absolute Gasteiger partial charge is 0.339 e. The van der Waals surface area contributed by atoms with Crippen molar-refractivity contribution >= 4 is 5.97 Å². The first-order valence-electron chi connectivity index (χ1n) is 6.32. The highest BCUT2D eigenvalue weighted by Crippen LogP contribution is 2.21. The number of hydrogen-bond donors (Lipinski definition) is 1. The van der Waals surface area contributed by atoms with Crippen LogP contribution in [0.1, 0.15) is 45.0 Å². The van der Waals surface area contributed by atoms with Crippen LogP contribution in [0.25, 0.3) is 0 Å². The molecule has 0 aliphatic rings. The maximum absolute atomic E-state index is 12.9. The van der Waals surface area contributed by atoms with Gasteiger partial charge in [-0.25, -0.2) is 23.5 Å². The van der Waals surface area contributed by atoms with Crippen molar-refractivity contribution in [2.24, 2.45) is 0 Å². The number of carboxylic acids is 1. The summed E-state index contributed by atoms with van der Waals surface area (Å²) in [6.45, 7) is 3.93. The van der Waals surface area contributed by atoms with Crippen molar-refractivity contribution < 1.29 is 18.7 Å². The Labute approximate surface area is 120 Å². The summed E-state index contributed by atoms with van der Waals surface area (Å²) in [7, 11) is 0. The normalized spacial score (nSPS) is 10.9. The number of aryl methyl sites for hydroxylation is 2. The van der Waals surface area contributed by atoms with E-state index in [-0.39, 0.29) is 12.2 Å². The van der Waals surface area contributed by atoms with Gasteiger partial charge in [0.1, 0.15) is 17.1 Å². The largest absolute Gasteiger partial charge is 0.478 e. The zero-order valence-electron chi connectivity index (χ0n) is 11.6. The molecule has 0 fully saturated rings. The fourth-order valence-electron chi connectivity index (χ4n) is 1.95. The van der Waals surface area contributed by atoms with Crippen LogP contribution in [0.15, 0.2) is 24.4 Å². The highest BCUT2D eigenvalue weighted by molar-refractivity contribution is 5.88. The molecule has 1 heterocycles. The molecule has 0 aliphatic carbocycles. The highest BCUT2D eigenvalue weighted by atomic mass is 19.3. The first-order chi connectivity index (χ1) is 9.88. The van der Waals surface area contributed by atoms with Crippen molar-refractivity contribution in [2.45, 2.75) is 26.7 Å². The van der Waals surface area contributed by atoms with E-state index < -0.39 is 23.7 Å². The van der Waals surface area contributed by atoms with E-state index >= 15 is 0 Å². The number of nitrogens with zero attached hydrogens (tertiary/aromatic N) is 2. The Morgan fingerprint density at radius 3 is 2.57 bits per heavy atom.